The maximum absolute atomic E-state index is 5.74. The lowest BCUT2D eigenvalue weighted by Gasteiger charge is -2.21. The number of benzene rings is 2. The van der Waals surface area contributed by atoms with E-state index in [9.17, 15) is 0 Å². The van der Waals surface area contributed by atoms with Crippen LogP contribution < -0.4 is 21.3 Å². The van der Waals surface area contributed by atoms with E-state index >= 15 is 0 Å². The molecule has 128 valence electrons. The van der Waals surface area contributed by atoms with Gasteiger partial charge in [-0.05, 0) is 38.1 Å². The predicted octanol–water partition coefficient (Wildman–Crippen LogP) is 4.11. The second kappa shape index (κ2) is 6.14. The minimum atomic E-state index is 0.353. The molecule has 0 atom stereocenters. The van der Waals surface area contributed by atoms with Crippen LogP contribution in [0, 0.1) is 0 Å². The Labute approximate surface area is 146 Å². The summed E-state index contributed by atoms with van der Waals surface area (Å²) in [5, 5.41) is 5.27. The zero-order valence-corrected chi connectivity index (χ0v) is 14.5. The van der Waals surface area contributed by atoms with Crippen LogP contribution in [0.4, 0.5) is 17.1 Å². The number of hydrogen-bond donors (Lipinski definition) is 3. The van der Waals surface area contributed by atoms with E-state index in [1.807, 2.05) is 43.4 Å². The number of fused-ring (bicyclic) bond motifs is 1. The lowest BCUT2D eigenvalue weighted by atomic mass is 10.1. The van der Waals surface area contributed by atoms with Crippen LogP contribution in [0.3, 0.4) is 0 Å². The van der Waals surface area contributed by atoms with Gasteiger partial charge in [-0.15, -0.1) is 5.53 Å². The van der Waals surface area contributed by atoms with Gasteiger partial charge >= 0.3 is 0 Å². The van der Waals surface area contributed by atoms with E-state index in [1.54, 1.807) is 6.26 Å². The zero-order valence-electron chi connectivity index (χ0n) is 14.5. The standard InChI is InChI=1S/C19H21N5O/c1-12(2)24-18-9-8-13(10-16(18)22-23-24)19-21-17(11-25-19)14-6-4-5-7-15(14)20-3/h4-12,20,22-23H,1-3H3. The van der Waals surface area contributed by atoms with Gasteiger partial charge in [-0.3, -0.25) is 5.01 Å². The van der Waals surface area contributed by atoms with E-state index in [-0.39, 0.29) is 0 Å². The SMILES string of the molecule is CNc1ccccc1-c1coc(-c2ccc3c(c2)NNN3C(C)C)n1. The first kappa shape index (κ1) is 15.5. The first-order valence-electron chi connectivity index (χ1n) is 8.35. The minimum absolute atomic E-state index is 0.353. The molecule has 0 unspecified atom stereocenters. The summed E-state index contributed by atoms with van der Waals surface area (Å²) in [4.78, 5) is 4.67. The first-order chi connectivity index (χ1) is 12.2. The molecule has 2 aromatic carbocycles. The summed E-state index contributed by atoms with van der Waals surface area (Å²) < 4.78 is 5.74. The van der Waals surface area contributed by atoms with Gasteiger partial charge in [0.15, 0.2) is 0 Å². The number of para-hydroxylation sites is 1. The number of nitrogens with one attached hydrogen (secondary N) is 3. The van der Waals surface area contributed by atoms with Crippen molar-refractivity contribution < 1.29 is 4.42 Å². The van der Waals surface area contributed by atoms with Gasteiger partial charge in [0, 0.05) is 29.9 Å². The molecule has 1 aromatic heterocycles. The molecule has 6 heteroatoms. The Morgan fingerprint density at radius 2 is 2.00 bits per heavy atom. The number of rotatable bonds is 4. The highest BCUT2D eigenvalue weighted by Gasteiger charge is 2.22. The summed E-state index contributed by atoms with van der Waals surface area (Å²) in [7, 11) is 1.90. The molecule has 2 heterocycles. The van der Waals surface area contributed by atoms with Crippen molar-refractivity contribution in [1.29, 1.82) is 0 Å². The van der Waals surface area contributed by atoms with E-state index in [4.69, 9.17) is 4.42 Å². The number of nitrogens with zero attached hydrogens (tertiary/aromatic N) is 2. The van der Waals surface area contributed by atoms with Crippen LogP contribution in [0.1, 0.15) is 13.8 Å². The fourth-order valence-electron chi connectivity index (χ4n) is 3.02. The highest BCUT2D eigenvalue weighted by molar-refractivity contribution is 5.80. The van der Waals surface area contributed by atoms with Crippen molar-refractivity contribution in [3.63, 3.8) is 0 Å². The lowest BCUT2D eigenvalue weighted by Crippen LogP contribution is -2.41. The summed E-state index contributed by atoms with van der Waals surface area (Å²) in [6, 6.07) is 14.5. The van der Waals surface area contributed by atoms with Gasteiger partial charge in [-0.1, -0.05) is 18.2 Å². The average molecular weight is 335 g/mol. The third-order valence-corrected chi connectivity index (χ3v) is 4.31. The average Bonchev–Trinajstić information content (AvgIpc) is 3.28. The maximum atomic E-state index is 5.74. The molecular weight excluding hydrogens is 314 g/mol. The molecule has 1 aliphatic heterocycles. The van der Waals surface area contributed by atoms with Crippen molar-refractivity contribution >= 4 is 17.1 Å². The molecule has 25 heavy (non-hydrogen) atoms. The molecule has 0 radical (unpaired) electrons. The summed E-state index contributed by atoms with van der Waals surface area (Å²) >= 11 is 0. The van der Waals surface area contributed by atoms with Crippen molar-refractivity contribution in [3.05, 3.63) is 48.7 Å². The molecule has 6 nitrogen and oxygen atoms in total. The van der Waals surface area contributed by atoms with Gasteiger partial charge in [0.2, 0.25) is 5.89 Å². The smallest absolute Gasteiger partial charge is 0.226 e. The molecule has 4 rings (SSSR count). The fourth-order valence-corrected chi connectivity index (χ4v) is 3.02. The molecule has 3 N–H and O–H groups in total. The Morgan fingerprint density at radius 3 is 2.80 bits per heavy atom. The highest BCUT2D eigenvalue weighted by atomic mass is 16.3. The van der Waals surface area contributed by atoms with Crippen molar-refractivity contribution in [2.24, 2.45) is 0 Å². The van der Waals surface area contributed by atoms with Gasteiger partial charge in [-0.2, -0.15) is 0 Å². The Balaban J connectivity index is 1.67. The van der Waals surface area contributed by atoms with E-state index in [1.165, 1.54) is 0 Å². The second-order valence-electron chi connectivity index (χ2n) is 6.27. The number of anilines is 3. The van der Waals surface area contributed by atoms with Crippen LogP contribution in [0.15, 0.2) is 53.1 Å². The number of aromatic nitrogens is 1. The number of oxazole rings is 1. The molecule has 0 saturated heterocycles. The lowest BCUT2D eigenvalue weighted by molar-refractivity contribution is 0.575. The van der Waals surface area contributed by atoms with E-state index in [2.05, 4.69) is 46.2 Å². The largest absolute Gasteiger partial charge is 0.444 e. The normalized spacial score (nSPS) is 13.0. The van der Waals surface area contributed by atoms with Gasteiger partial charge in [0.25, 0.3) is 0 Å². The molecule has 1 aliphatic rings. The van der Waals surface area contributed by atoms with Crippen LogP contribution in [0.2, 0.25) is 0 Å². The van der Waals surface area contributed by atoms with Crippen LogP contribution in [-0.4, -0.2) is 18.1 Å². The van der Waals surface area contributed by atoms with Gasteiger partial charge < -0.3 is 15.2 Å². The number of hydrazine groups is 2. The van der Waals surface area contributed by atoms with Crippen molar-refractivity contribution in [2.75, 3.05) is 22.8 Å². The Bertz CT molecular complexity index is 902. The molecule has 0 amide bonds. The topological polar surface area (TPSA) is 65.4 Å². The third-order valence-electron chi connectivity index (χ3n) is 4.31. The monoisotopic (exact) mass is 335 g/mol. The Hall–Kier alpha value is -2.99. The summed E-state index contributed by atoms with van der Waals surface area (Å²) in [6.07, 6.45) is 1.70. The van der Waals surface area contributed by atoms with Crippen molar-refractivity contribution in [3.8, 4) is 22.7 Å². The maximum Gasteiger partial charge on any atom is 0.226 e. The summed E-state index contributed by atoms with van der Waals surface area (Å²) in [5.41, 5.74) is 12.3. The second-order valence-corrected chi connectivity index (χ2v) is 6.27. The number of hydrogen-bond acceptors (Lipinski definition) is 6. The molecule has 0 saturated carbocycles. The Morgan fingerprint density at radius 1 is 1.16 bits per heavy atom. The third kappa shape index (κ3) is 2.70. The molecule has 0 aliphatic carbocycles. The van der Waals surface area contributed by atoms with Gasteiger partial charge in [0.1, 0.15) is 12.0 Å². The summed E-state index contributed by atoms with van der Waals surface area (Å²) in [6.45, 7) is 4.27. The van der Waals surface area contributed by atoms with Crippen LogP contribution in [-0.2, 0) is 0 Å². The Kier molecular flexibility index (Phi) is 3.82. The highest BCUT2D eigenvalue weighted by Crippen LogP contribution is 2.35. The van der Waals surface area contributed by atoms with Crippen LogP contribution in [0.5, 0.6) is 0 Å². The van der Waals surface area contributed by atoms with Crippen LogP contribution >= 0.6 is 0 Å². The van der Waals surface area contributed by atoms with Crippen molar-refractivity contribution in [1.82, 2.24) is 10.5 Å². The zero-order chi connectivity index (χ0) is 17.4. The van der Waals surface area contributed by atoms with Crippen molar-refractivity contribution in [2.45, 2.75) is 19.9 Å². The molecule has 0 fully saturated rings. The van der Waals surface area contributed by atoms with Gasteiger partial charge in [-0.25, -0.2) is 4.98 Å². The van der Waals surface area contributed by atoms with E-state index in [0.29, 0.717) is 11.9 Å². The predicted molar refractivity (Wildman–Crippen MR) is 101 cm³/mol. The molecule has 0 spiro atoms. The van der Waals surface area contributed by atoms with Crippen LogP contribution in [0.25, 0.3) is 22.7 Å². The van der Waals surface area contributed by atoms with Gasteiger partial charge in [0.05, 0.1) is 11.4 Å². The summed E-state index contributed by atoms with van der Waals surface area (Å²) in [5.74, 6) is 0.605. The fraction of sp³-hybridized carbons (Fsp3) is 0.211. The first-order valence-corrected chi connectivity index (χ1v) is 8.35. The van der Waals surface area contributed by atoms with E-state index in [0.717, 1.165) is 33.9 Å². The molecule has 3 aromatic rings. The molecular formula is C19H21N5O. The van der Waals surface area contributed by atoms with E-state index < -0.39 is 0 Å². The minimum Gasteiger partial charge on any atom is -0.444 e. The quantitative estimate of drug-likeness (QED) is 0.667. The molecule has 0 bridgehead atoms.